The molecule has 0 saturated heterocycles. The zero-order valence-corrected chi connectivity index (χ0v) is 14.2. The van der Waals surface area contributed by atoms with Gasteiger partial charge in [-0.05, 0) is 41.1 Å². The summed E-state index contributed by atoms with van der Waals surface area (Å²) in [6.07, 6.45) is 0. The summed E-state index contributed by atoms with van der Waals surface area (Å²) in [5, 5.41) is 12.2. The number of carbonyl (C=O) groups is 1. The number of hydrogen-bond donors (Lipinski definition) is 1. The molecule has 1 aromatic carbocycles. The highest BCUT2D eigenvalue weighted by atomic mass is 79.9. The molecule has 0 atom stereocenters. The van der Waals surface area contributed by atoms with Crippen LogP contribution in [0.25, 0.3) is 10.6 Å². The van der Waals surface area contributed by atoms with Gasteiger partial charge in [0.2, 0.25) is 5.13 Å². The number of thiophene rings is 1. The van der Waals surface area contributed by atoms with Crippen molar-refractivity contribution in [2.45, 2.75) is 6.92 Å². The van der Waals surface area contributed by atoms with E-state index in [4.69, 9.17) is 0 Å². The first-order chi connectivity index (χ1) is 10.1. The molecule has 2 heterocycles. The normalized spacial score (nSPS) is 10.6. The van der Waals surface area contributed by atoms with Crippen molar-refractivity contribution in [1.82, 2.24) is 10.2 Å². The van der Waals surface area contributed by atoms with Gasteiger partial charge in [0.1, 0.15) is 5.01 Å². The van der Waals surface area contributed by atoms with E-state index in [1.165, 1.54) is 22.7 Å². The number of aromatic nitrogens is 2. The van der Waals surface area contributed by atoms with E-state index < -0.39 is 0 Å². The van der Waals surface area contributed by atoms with Crippen molar-refractivity contribution < 1.29 is 4.79 Å². The van der Waals surface area contributed by atoms with Gasteiger partial charge in [0.05, 0.1) is 8.66 Å². The minimum Gasteiger partial charge on any atom is -0.296 e. The molecule has 0 aliphatic carbocycles. The lowest BCUT2D eigenvalue weighted by atomic mass is 10.1. The summed E-state index contributed by atoms with van der Waals surface area (Å²) in [6.45, 7) is 2.03. The molecule has 0 radical (unpaired) electrons. The number of hydrogen-bond acceptors (Lipinski definition) is 5. The third-order valence-corrected chi connectivity index (χ3v) is 5.22. The molecule has 0 saturated carbocycles. The summed E-state index contributed by atoms with van der Waals surface area (Å²) in [4.78, 5) is 12.7. The Hall–Kier alpha value is -1.57. The van der Waals surface area contributed by atoms with E-state index in [1.54, 1.807) is 6.07 Å². The van der Waals surface area contributed by atoms with Crippen LogP contribution in [0.4, 0.5) is 5.13 Å². The van der Waals surface area contributed by atoms with Gasteiger partial charge in [-0.1, -0.05) is 35.1 Å². The monoisotopic (exact) mass is 379 g/mol. The fourth-order valence-electron chi connectivity index (χ4n) is 1.76. The van der Waals surface area contributed by atoms with Crippen LogP contribution in [0.15, 0.2) is 40.2 Å². The van der Waals surface area contributed by atoms with Crippen LogP contribution in [0.2, 0.25) is 0 Å². The van der Waals surface area contributed by atoms with Crippen LogP contribution >= 0.6 is 38.6 Å². The Kier molecular flexibility index (Phi) is 4.14. The van der Waals surface area contributed by atoms with Crippen LogP contribution in [0.1, 0.15) is 15.2 Å². The van der Waals surface area contributed by atoms with E-state index in [-0.39, 0.29) is 5.91 Å². The van der Waals surface area contributed by atoms with Gasteiger partial charge in [0.15, 0.2) is 0 Å². The van der Waals surface area contributed by atoms with Crippen LogP contribution in [0.5, 0.6) is 0 Å². The quantitative estimate of drug-likeness (QED) is 0.723. The lowest BCUT2D eigenvalue weighted by Gasteiger charge is -1.97. The van der Waals surface area contributed by atoms with Crippen molar-refractivity contribution in [3.05, 3.63) is 50.6 Å². The number of halogens is 1. The third kappa shape index (κ3) is 3.37. The Morgan fingerprint density at radius 3 is 2.76 bits per heavy atom. The summed E-state index contributed by atoms with van der Waals surface area (Å²) in [5.74, 6) is -0.169. The van der Waals surface area contributed by atoms with Crippen LogP contribution in [-0.4, -0.2) is 16.1 Å². The van der Waals surface area contributed by atoms with E-state index in [2.05, 4.69) is 31.4 Å². The molecular weight excluding hydrogens is 370 g/mol. The lowest BCUT2D eigenvalue weighted by molar-refractivity contribution is 0.103. The van der Waals surface area contributed by atoms with Crippen LogP contribution in [0.3, 0.4) is 0 Å². The van der Waals surface area contributed by atoms with Crippen molar-refractivity contribution in [3.8, 4) is 10.6 Å². The van der Waals surface area contributed by atoms with E-state index in [0.717, 1.165) is 19.9 Å². The summed E-state index contributed by atoms with van der Waals surface area (Å²) < 4.78 is 0.922. The van der Waals surface area contributed by atoms with Crippen LogP contribution in [-0.2, 0) is 0 Å². The number of nitrogens with one attached hydrogen (secondary N) is 1. The minimum absolute atomic E-state index is 0.169. The molecular formula is C14H10BrN3OS2. The molecule has 1 amide bonds. The average Bonchev–Trinajstić information content (AvgIpc) is 3.08. The summed E-state index contributed by atoms with van der Waals surface area (Å²) >= 11 is 6.08. The molecule has 106 valence electrons. The van der Waals surface area contributed by atoms with E-state index >= 15 is 0 Å². The molecule has 21 heavy (non-hydrogen) atoms. The second-order valence-corrected chi connectivity index (χ2v) is 7.78. The first kappa shape index (κ1) is 14.4. The molecule has 0 fully saturated rings. The smallest absolute Gasteiger partial charge is 0.267 e. The highest BCUT2D eigenvalue weighted by molar-refractivity contribution is 9.11. The largest absolute Gasteiger partial charge is 0.296 e. The zero-order chi connectivity index (χ0) is 14.8. The molecule has 0 bridgehead atoms. The number of anilines is 1. The Morgan fingerprint density at radius 2 is 2.05 bits per heavy atom. The van der Waals surface area contributed by atoms with Gasteiger partial charge in [0, 0.05) is 5.56 Å². The Balaban J connectivity index is 1.78. The molecule has 0 spiro atoms. The first-order valence-corrected chi connectivity index (χ1v) is 8.51. The van der Waals surface area contributed by atoms with Crippen molar-refractivity contribution in [3.63, 3.8) is 0 Å². The maximum absolute atomic E-state index is 12.0. The Morgan fingerprint density at radius 1 is 1.19 bits per heavy atom. The molecule has 7 heteroatoms. The van der Waals surface area contributed by atoms with Gasteiger partial charge in [-0.25, -0.2) is 0 Å². The van der Waals surface area contributed by atoms with Crippen molar-refractivity contribution in [1.29, 1.82) is 0 Å². The molecule has 0 aliphatic rings. The van der Waals surface area contributed by atoms with E-state index in [9.17, 15) is 4.79 Å². The second-order valence-electron chi connectivity index (χ2n) is 4.34. The van der Waals surface area contributed by atoms with Crippen molar-refractivity contribution in [2.75, 3.05) is 5.32 Å². The topological polar surface area (TPSA) is 54.9 Å². The van der Waals surface area contributed by atoms with Gasteiger partial charge >= 0.3 is 0 Å². The Bertz CT molecular complexity index is 797. The molecule has 0 unspecified atom stereocenters. The summed E-state index contributed by atoms with van der Waals surface area (Å²) in [7, 11) is 0. The summed E-state index contributed by atoms with van der Waals surface area (Å²) in [6, 6.07) is 11.7. The van der Waals surface area contributed by atoms with Gasteiger partial charge in [-0.2, -0.15) is 0 Å². The average molecular weight is 380 g/mol. The molecule has 1 N–H and O–H groups in total. The third-order valence-electron chi connectivity index (χ3n) is 2.71. The molecule has 2 aromatic heterocycles. The van der Waals surface area contributed by atoms with E-state index in [0.29, 0.717) is 10.0 Å². The number of nitrogens with zero attached hydrogens (tertiary/aromatic N) is 2. The van der Waals surface area contributed by atoms with E-state index in [1.807, 2.05) is 37.3 Å². The van der Waals surface area contributed by atoms with Crippen LogP contribution in [0, 0.1) is 6.92 Å². The van der Waals surface area contributed by atoms with Crippen LogP contribution < -0.4 is 5.32 Å². The maximum Gasteiger partial charge on any atom is 0.267 e. The number of benzene rings is 1. The lowest BCUT2D eigenvalue weighted by Crippen LogP contribution is -2.09. The Labute approximate surface area is 138 Å². The zero-order valence-electron chi connectivity index (χ0n) is 11.0. The number of carbonyl (C=O) groups excluding carboxylic acids is 1. The van der Waals surface area contributed by atoms with Gasteiger partial charge in [0.25, 0.3) is 5.91 Å². The predicted octanol–water partition coefficient (Wildman–Crippen LogP) is 4.59. The predicted molar refractivity (Wildman–Crippen MR) is 90.1 cm³/mol. The first-order valence-electron chi connectivity index (χ1n) is 6.09. The van der Waals surface area contributed by atoms with Crippen molar-refractivity contribution in [2.24, 2.45) is 0 Å². The highest BCUT2D eigenvalue weighted by Gasteiger charge is 2.12. The molecule has 3 aromatic rings. The fourth-order valence-corrected chi connectivity index (χ4v) is 3.78. The molecule has 4 nitrogen and oxygen atoms in total. The SMILES string of the molecule is Cc1cccc(-c2nnc(NC(=O)c3ccc(Br)s3)s2)c1. The summed E-state index contributed by atoms with van der Waals surface area (Å²) in [5.41, 5.74) is 2.17. The maximum atomic E-state index is 12.0. The second kappa shape index (κ2) is 6.05. The number of rotatable bonds is 3. The standard InChI is InChI=1S/C14H10BrN3OS2/c1-8-3-2-4-9(7-8)13-17-18-14(21-13)16-12(19)10-5-6-11(15)20-10/h2-7H,1H3,(H,16,18,19). The molecule has 0 aliphatic heterocycles. The number of aryl methyl sites for hydroxylation is 1. The van der Waals surface area contributed by atoms with Crippen molar-refractivity contribution >= 4 is 49.6 Å². The fraction of sp³-hybridized carbons (Fsp3) is 0.0714. The van der Waals surface area contributed by atoms with Gasteiger partial charge in [-0.15, -0.1) is 21.5 Å². The minimum atomic E-state index is -0.169. The molecule has 3 rings (SSSR count). The van der Waals surface area contributed by atoms with Gasteiger partial charge < -0.3 is 0 Å². The highest BCUT2D eigenvalue weighted by Crippen LogP contribution is 2.28. The number of amides is 1. The van der Waals surface area contributed by atoms with Gasteiger partial charge in [-0.3, -0.25) is 10.1 Å².